The van der Waals surface area contributed by atoms with Crippen LogP contribution in [0.1, 0.15) is 194 Å². The number of amides is 1. The maximum absolute atomic E-state index is 12.4. The first-order valence-electron chi connectivity index (χ1n) is 18.2. The van der Waals surface area contributed by atoms with Gasteiger partial charge >= 0.3 is 0 Å². The molecule has 41 heavy (non-hydrogen) atoms. The van der Waals surface area contributed by atoms with Gasteiger partial charge in [-0.3, -0.25) is 4.79 Å². The van der Waals surface area contributed by atoms with Crippen LogP contribution in [-0.4, -0.2) is 29.9 Å². The highest BCUT2D eigenvalue weighted by atomic mass is 16.3. The van der Waals surface area contributed by atoms with E-state index < -0.39 is 6.04 Å². The fourth-order valence-electron chi connectivity index (χ4n) is 5.69. The normalized spacial score (nSPS) is 13.0. The SMILES string of the molecule is CCCCCCCC/C=C/CCCCCCCC(=O)N[C@@H](CO)[C@H](C=O)CCCCCCCCCCCCCCC. The van der Waals surface area contributed by atoms with Gasteiger partial charge in [-0.15, -0.1) is 0 Å². The molecule has 4 nitrogen and oxygen atoms in total. The van der Waals surface area contributed by atoms with Gasteiger partial charge in [-0.2, -0.15) is 0 Å². The van der Waals surface area contributed by atoms with Crippen LogP contribution < -0.4 is 5.32 Å². The van der Waals surface area contributed by atoms with E-state index in [9.17, 15) is 14.7 Å². The standard InChI is InChI=1S/C37H71NO3/c1-3-5-7-9-11-13-15-17-18-20-22-24-26-28-30-32-37(41)38-36(34-40)35(33-39)31-29-27-25-23-21-19-16-14-12-10-8-6-4-2/h17-18,33,35-36,40H,3-16,19-32,34H2,1-2H3,(H,38,41)/b18-17+/t35-,36-/m0/s1. The molecule has 242 valence electrons. The molecule has 0 unspecified atom stereocenters. The first kappa shape index (κ1) is 39.8. The summed E-state index contributed by atoms with van der Waals surface area (Å²) in [6, 6.07) is -0.444. The Balaban J connectivity index is 3.70. The van der Waals surface area contributed by atoms with E-state index in [2.05, 4.69) is 31.3 Å². The molecule has 0 aliphatic heterocycles. The number of carbonyl (C=O) groups is 2. The molecule has 0 aliphatic rings. The van der Waals surface area contributed by atoms with Gasteiger partial charge < -0.3 is 15.2 Å². The summed E-state index contributed by atoms with van der Waals surface area (Å²) < 4.78 is 0. The Morgan fingerprint density at radius 2 is 0.976 bits per heavy atom. The second kappa shape index (κ2) is 33.3. The average molecular weight is 578 g/mol. The zero-order chi connectivity index (χ0) is 30.1. The second-order valence-electron chi connectivity index (χ2n) is 12.5. The quantitative estimate of drug-likeness (QED) is 0.0463. The minimum Gasteiger partial charge on any atom is -0.394 e. The molecule has 0 aromatic heterocycles. The Bertz CT molecular complexity index is 577. The van der Waals surface area contributed by atoms with Gasteiger partial charge in [0.15, 0.2) is 0 Å². The van der Waals surface area contributed by atoms with Gasteiger partial charge in [-0.05, 0) is 38.5 Å². The van der Waals surface area contributed by atoms with Gasteiger partial charge in [-0.1, -0.05) is 161 Å². The van der Waals surface area contributed by atoms with Crippen molar-refractivity contribution in [1.29, 1.82) is 0 Å². The molecular formula is C37H71NO3. The summed E-state index contributed by atoms with van der Waals surface area (Å²) in [5, 5.41) is 12.7. The van der Waals surface area contributed by atoms with Crippen molar-refractivity contribution in [2.24, 2.45) is 5.92 Å². The van der Waals surface area contributed by atoms with E-state index in [0.29, 0.717) is 6.42 Å². The van der Waals surface area contributed by atoms with Crippen LogP contribution in [0, 0.1) is 5.92 Å². The first-order valence-corrected chi connectivity index (χ1v) is 18.2. The molecule has 1 amide bonds. The topological polar surface area (TPSA) is 66.4 Å². The number of unbranched alkanes of at least 4 members (excludes halogenated alkanes) is 23. The van der Waals surface area contributed by atoms with E-state index in [-0.39, 0.29) is 18.4 Å². The fourth-order valence-corrected chi connectivity index (χ4v) is 5.69. The van der Waals surface area contributed by atoms with Crippen molar-refractivity contribution < 1.29 is 14.7 Å². The van der Waals surface area contributed by atoms with Crippen LogP contribution in [-0.2, 0) is 9.59 Å². The van der Waals surface area contributed by atoms with E-state index in [1.165, 1.54) is 135 Å². The Labute approximate surface area is 256 Å². The number of aldehydes is 1. The van der Waals surface area contributed by atoms with Crippen LogP contribution in [0.3, 0.4) is 0 Å². The lowest BCUT2D eigenvalue weighted by Crippen LogP contribution is -2.43. The molecule has 0 fully saturated rings. The van der Waals surface area contributed by atoms with E-state index in [1.807, 2.05) is 0 Å². The molecule has 4 heteroatoms. The van der Waals surface area contributed by atoms with Gasteiger partial charge in [0.1, 0.15) is 6.29 Å². The average Bonchev–Trinajstić information content (AvgIpc) is 2.98. The predicted molar refractivity (Wildman–Crippen MR) is 178 cm³/mol. The largest absolute Gasteiger partial charge is 0.394 e. The molecule has 0 radical (unpaired) electrons. The maximum Gasteiger partial charge on any atom is 0.220 e. The number of aliphatic hydroxyl groups excluding tert-OH is 1. The van der Waals surface area contributed by atoms with E-state index in [4.69, 9.17) is 0 Å². The summed E-state index contributed by atoms with van der Waals surface area (Å²) in [4.78, 5) is 24.1. The Hall–Kier alpha value is -1.16. The van der Waals surface area contributed by atoms with Crippen LogP contribution in [0.4, 0.5) is 0 Å². The summed E-state index contributed by atoms with van der Waals surface area (Å²) >= 11 is 0. The molecule has 2 N–H and O–H groups in total. The minimum absolute atomic E-state index is 0.0288. The molecule has 2 atom stereocenters. The molecule has 0 spiro atoms. The summed E-state index contributed by atoms with van der Waals surface area (Å²) in [7, 11) is 0. The van der Waals surface area contributed by atoms with E-state index in [1.54, 1.807) is 0 Å². The number of hydrogen-bond donors (Lipinski definition) is 2. The number of carbonyl (C=O) groups excluding carboxylic acids is 2. The second-order valence-corrected chi connectivity index (χ2v) is 12.5. The van der Waals surface area contributed by atoms with Crippen molar-refractivity contribution in [1.82, 2.24) is 5.32 Å². The lowest BCUT2D eigenvalue weighted by Gasteiger charge is -2.22. The van der Waals surface area contributed by atoms with Crippen molar-refractivity contribution in [3.05, 3.63) is 12.2 Å². The molecular weight excluding hydrogens is 506 g/mol. The van der Waals surface area contributed by atoms with Crippen molar-refractivity contribution in [3.63, 3.8) is 0 Å². The Morgan fingerprint density at radius 1 is 0.585 bits per heavy atom. The van der Waals surface area contributed by atoms with Crippen LogP contribution in [0.15, 0.2) is 12.2 Å². The summed E-state index contributed by atoms with van der Waals surface area (Å²) in [6.07, 6.45) is 39.9. The Kier molecular flexibility index (Phi) is 32.4. The van der Waals surface area contributed by atoms with Crippen LogP contribution in [0.25, 0.3) is 0 Å². The van der Waals surface area contributed by atoms with Gasteiger partial charge in [0.05, 0.1) is 12.6 Å². The van der Waals surface area contributed by atoms with Gasteiger partial charge in [-0.25, -0.2) is 0 Å². The zero-order valence-corrected chi connectivity index (χ0v) is 27.7. The van der Waals surface area contributed by atoms with Crippen molar-refractivity contribution in [3.8, 4) is 0 Å². The van der Waals surface area contributed by atoms with Crippen molar-refractivity contribution in [2.75, 3.05) is 6.61 Å². The molecule has 0 aliphatic carbocycles. The van der Waals surface area contributed by atoms with Crippen LogP contribution >= 0.6 is 0 Å². The van der Waals surface area contributed by atoms with E-state index >= 15 is 0 Å². The van der Waals surface area contributed by atoms with Crippen molar-refractivity contribution >= 4 is 12.2 Å². The van der Waals surface area contributed by atoms with Gasteiger partial charge in [0.2, 0.25) is 5.91 Å². The minimum atomic E-state index is -0.444. The van der Waals surface area contributed by atoms with E-state index in [0.717, 1.165) is 44.8 Å². The van der Waals surface area contributed by atoms with Gasteiger partial charge in [0.25, 0.3) is 0 Å². The third-order valence-electron chi connectivity index (χ3n) is 8.54. The number of hydrogen-bond acceptors (Lipinski definition) is 3. The molecule has 0 saturated heterocycles. The lowest BCUT2D eigenvalue weighted by atomic mass is 9.94. The fraction of sp³-hybridized carbons (Fsp3) is 0.892. The number of nitrogens with one attached hydrogen (secondary N) is 1. The van der Waals surface area contributed by atoms with Crippen LogP contribution in [0.5, 0.6) is 0 Å². The smallest absolute Gasteiger partial charge is 0.220 e. The molecule has 0 aromatic carbocycles. The third kappa shape index (κ3) is 28.7. The molecule has 0 saturated carbocycles. The highest BCUT2D eigenvalue weighted by molar-refractivity contribution is 5.76. The molecule has 0 aromatic rings. The first-order chi connectivity index (χ1) is 20.2. The maximum atomic E-state index is 12.4. The van der Waals surface area contributed by atoms with Crippen molar-refractivity contribution in [2.45, 2.75) is 200 Å². The summed E-state index contributed by atoms with van der Waals surface area (Å²) in [6.45, 7) is 4.36. The molecule has 0 rings (SSSR count). The van der Waals surface area contributed by atoms with Crippen LogP contribution in [0.2, 0.25) is 0 Å². The number of allylic oxidation sites excluding steroid dienone is 2. The third-order valence-corrected chi connectivity index (χ3v) is 8.54. The van der Waals surface area contributed by atoms with Gasteiger partial charge in [0, 0.05) is 12.3 Å². The zero-order valence-electron chi connectivity index (χ0n) is 27.7. The lowest BCUT2D eigenvalue weighted by molar-refractivity contribution is -0.123. The number of aliphatic hydroxyl groups is 1. The Morgan fingerprint density at radius 3 is 1.39 bits per heavy atom. The summed E-state index contributed by atoms with van der Waals surface area (Å²) in [5.74, 6) is -0.315. The predicted octanol–water partition coefficient (Wildman–Crippen LogP) is 10.8. The monoisotopic (exact) mass is 578 g/mol. The highest BCUT2D eigenvalue weighted by Gasteiger charge is 2.21. The number of rotatable bonds is 33. The molecule has 0 bridgehead atoms. The summed E-state index contributed by atoms with van der Waals surface area (Å²) in [5.41, 5.74) is 0. The highest BCUT2D eigenvalue weighted by Crippen LogP contribution is 2.16. The molecule has 0 heterocycles.